The number of nitrogens with one attached hydrogen (secondary N) is 1. The number of fused-ring (bicyclic) bond motifs is 5. The molecular weight excluding hydrogens is 645 g/mol. The highest BCUT2D eigenvalue weighted by Gasteiger charge is 2.63. The lowest BCUT2D eigenvalue weighted by atomic mass is 9.43. The lowest BCUT2D eigenvalue weighted by molar-refractivity contribution is -0.160. The zero-order valence-electron chi connectivity index (χ0n) is 29.1. The Balaban J connectivity index is 1.26. The largest absolute Gasteiger partial charge is 0.397 e. The zero-order chi connectivity index (χ0) is 34.4. The van der Waals surface area contributed by atoms with Crippen molar-refractivity contribution in [2.75, 3.05) is 19.6 Å². The first-order chi connectivity index (χ1) is 21.9. The second-order valence-corrected chi connectivity index (χ2v) is 18.7. The summed E-state index contributed by atoms with van der Waals surface area (Å²) in [5.41, 5.74) is 0.0594. The fourth-order valence-electron chi connectivity index (χ4n) is 11.4. The van der Waals surface area contributed by atoms with E-state index in [0.29, 0.717) is 43.1 Å². The van der Waals surface area contributed by atoms with E-state index in [1.807, 2.05) is 18.7 Å². The Bertz CT molecular complexity index is 1330. The topological polar surface area (TPSA) is 160 Å². The number of hydrogen-bond donors (Lipinski definition) is 3. The van der Waals surface area contributed by atoms with Gasteiger partial charge in [-0.1, -0.05) is 34.6 Å². The maximum Gasteiger partial charge on any atom is 0.397 e. The Morgan fingerprint density at radius 1 is 0.936 bits per heavy atom. The van der Waals surface area contributed by atoms with Gasteiger partial charge in [-0.25, -0.2) is 8.37 Å². The molecule has 0 spiro atoms. The average molecular weight is 705 g/mol. The predicted molar refractivity (Wildman–Crippen MR) is 179 cm³/mol. The van der Waals surface area contributed by atoms with E-state index in [-0.39, 0.29) is 40.4 Å². The molecule has 13 heteroatoms. The summed E-state index contributed by atoms with van der Waals surface area (Å²) in [6.45, 7) is 13.3. The van der Waals surface area contributed by atoms with E-state index in [2.05, 4.69) is 26.1 Å². The number of carbonyl (C=O) groups excluding carboxylic acids is 1. The van der Waals surface area contributed by atoms with Crippen LogP contribution >= 0.6 is 0 Å². The molecule has 0 aromatic rings. The molecule has 5 aliphatic rings. The Hall–Kier alpha value is -0.830. The third-order valence-corrected chi connectivity index (χ3v) is 14.7. The van der Waals surface area contributed by atoms with Gasteiger partial charge in [0.2, 0.25) is 5.91 Å². The van der Waals surface area contributed by atoms with Crippen molar-refractivity contribution in [1.82, 2.24) is 10.2 Å². The number of likely N-dealkylation sites (tertiary alicyclic amines) is 1. The van der Waals surface area contributed by atoms with Crippen LogP contribution in [-0.4, -0.2) is 74.6 Å². The second-order valence-electron chi connectivity index (χ2n) is 16.6. The van der Waals surface area contributed by atoms with Crippen molar-refractivity contribution in [2.24, 2.45) is 52.3 Å². The van der Waals surface area contributed by atoms with Gasteiger partial charge in [-0.05, 0) is 136 Å². The molecule has 1 heterocycles. The lowest BCUT2D eigenvalue weighted by Gasteiger charge is -2.63. The van der Waals surface area contributed by atoms with Gasteiger partial charge in [0, 0.05) is 25.6 Å². The summed E-state index contributed by atoms with van der Waals surface area (Å²) in [4.78, 5) is 13.9. The van der Waals surface area contributed by atoms with Gasteiger partial charge in [0.05, 0.1) is 12.2 Å². The molecule has 4 aliphatic carbocycles. The van der Waals surface area contributed by atoms with Crippen molar-refractivity contribution in [3.8, 4) is 0 Å². The summed E-state index contributed by atoms with van der Waals surface area (Å²) >= 11 is 0. The number of amides is 1. The molecule has 5 fully saturated rings. The summed E-state index contributed by atoms with van der Waals surface area (Å²) < 4.78 is 77.3. The summed E-state index contributed by atoms with van der Waals surface area (Å²) in [7, 11) is -9.16. The Kier molecular flexibility index (Phi) is 11.5. The lowest BCUT2D eigenvalue weighted by Crippen LogP contribution is -2.60. The summed E-state index contributed by atoms with van der Waals surface area (Å²) in [6, 6.07) is 0.343. The minimum absolute atomic E-state index is 0.0165. The third-order valence-electron chi connectivity index (χ3n) is 13.8. The second kappa shape index (κ2) is 14.4. The van der Waals surface area contributed by atoms with Crippen LogP contribution in [0.1, 0.15) is 118 Å². The maximum atomic E-state index is 12.3. The standard InChI is InChI=1S/C34H60N2O9S2/c1-22(2)29(44-46(38,39)40)12-9-23(3)26-10-11-27-32-28(14-16-34(26,27)5)33(4)15-13-25(20-24(33)21-30(32)45-47(41,42)43)35-17-7-19-36-18-6-8-31(36)37/h22-30,32,35H,6-21H2,1-5H3,(H,38,39,40)(H,41,42,43)/t23-,24-,25+,26-,27?,28?,29-,30?,32?,33+,34-/m1/s1. The highest BCUT2D eigenvalue weighted by atomic mass is 32.3. The molecule has 47 heavy (non-hydrogen) atoms. The van der Waals surface area contributed by atoms with Gasteiger partial charge in [-0.2, -0.15) is 16.8 Å². The molecule has 5 rings (SSSR count). The van der Waals surface area contributed by atoms with Gasteiger partial charge in [0.1, 0.15) is 0 Å². The van der Waals surface area contributed by atoms with Gasteiger partial charge in [-0.15, -0.1) is 0 Å². The molecule has 0 bridgehead atoms. The van der Waals surface area contributed by atoms with Crippen LogP contribution in [0.2, 0.25) is 0 Å². The zero-order valence-corrected chi connectivity index (χ0v) is 30.7. The van der Waals surface area contributed by atoms with Crippen molar-refractivity contribution < 1.29 is 39.1 Å². The van der Waals surface area contributed by atoms with E-state index in [0.717, 1.165) is 83.8 Å². The van der Waals surface area contributed by atoms with Crippen LogP contribution in [-0.2, 0) is 34.0 Å². The van der Waals surface area contributed by atoms with Crippen LogP contribution in [0.5, 0.6) is 0 Å². The van der Waals surface area contributed by atoms with Crippen molar-refractivity contribution in [2.45, 2.75) is 136 Å². The van der Waals surface area contributed by atoms with Crippen molar-refractivity contribution in [3.63, 3.8) is 0 Å². The molecule has 1 saturated heterocycles. The van der Waals surface area contributed by atoms with Crippen LogP contribution in [0, 0.1) is 52.3 Å². The summed E-state index contributed by atoms with van der Waals surface area (Å²) in [6.07, 6.45) is 10.5. The number of rotatable bonds is 14. The molecule has 0 aromatic heterocycles. The minimum atomic E-state index is -4.63. The molecule has 11 nitrogen and oxygen atoms in total. The monoisotopic (exact) mass is 704 g/mol. The van der Waals surface area contributed by atoms with Gasteiger partial charge >= 0.3 is 20.8 Å². The number of nitrogens with zero attached hydrogens (tertiary/aromatic N) is 1. The van der Waals surface area contributed by atoms with Crippen LogP contribution in [0.3, 0.4) is 0 Å². The van der Waals surface area contributed by atoms with Crippen LogP contribution in [0.15, 0.2) is 0 Å². The Labute approximate surface area is 283 Å². The Morgan fingerprint density at radius 2 is 1.64 bits per heavy atom. The fourth-order valence-corrected chi connectivity index (χ4v) is 12.6. The molecular formula is C34H60N2O9S2. The Morgan fingerprint density at radius 3 is 2.28 bits per heavy atom. The van der Waals surface area contributed by atoms with E-state index < -0.39 is 33.0 Å². The van der Waals surface area contributed by atoms with Crippen molar-refractivity contribution >= 4 is 26.7 Å². The SMILES string of the molecule is CC(C)[C@@H](CC[C@@H](C)[C@H]1CCC2C3C(OS(=O)(=O)O)C[C@H]4C[C@@H](NCCCN5CCCC5=O)CC[C@]4(C)C3CC[C@@]21C)OS(=O)(=O)O. The van der Waals surface area contributed by atoms with Crippen molar-refractivity contribution in [3.05, 3.63) is 0 Å². The number of hydrogen-bond acceptors (Lipinski definition) is 8. The molecule has 0 aromatic carbocycles. The van der Waals surface area contributed by atoms with E-state index in [1.54, 1.807) is 0 Å². The number of carbonyl (C=O) groups is 1. The third kappa shape index (κ3) is 8.39. The highest BCUT2D eigenvalue weighted by molar-refractivity contribution is 7.81. The van der Waals surface area contributed by atoms with E-state index in [9.17, 15) is 30.7 Å². The van der Waals surface area contributed by atoms with Gasteiger partial charge < -0.3 is 10.2 Å². The highest BCUT2D eigenvalue weighted by Crippen LogP contribution is 2.69. The molecule has 4 unspecified atom stereocenters. The maximum absolute atomic E-state index is 12.3. The molecule has 1 aliphatic heterocycles. The van der Waals surface area contributed by atoms with Crippen LogP contribution in [0.25, 0.3) is 0 Å². The van der Waals surface area contributed by atoms with Gasteiger partial charge in [0.25, 0.3) is 0 Å². The normalized spacial score (nSPS) is 39.0. The quantitative estimate of drug-likeness (QED) is 0.152. The van der Waals surface area contributed by atoms with E-state index >= 15 is 0 Å². The van der Waals surface area contributed by atoms with E-state index in [4.69, 9.17) is 8.37 Å². The molecule has 1 amide bonds. The minimum Gasteiger partial charge on any atom is -0.343 e. The fraction of sp³-hybridized carbons (Fsp3) is 0.971. The van der Waals surface area contributed by atoms with Gasteiger partial charge in [-0.3, -0.25) is 13.9 Å². The van der Waals surface area contributed by atoms with Crippen LogP contribution in [0.4, 0.5) is 0 Å². The van der Waals surface area contributed by atoms with Crippen molar-refractivity contribution in [1.29, 1.82) is 0 Å². The molecule has 3 N–H and O–H groups in total. The first-order valence-electron chi connectivity index (χ1n) is 18.2. The molecule has 11 atom stereocenters. The van der Waals surface area contributed by atoms with Gasteiger partial charge in [0.15, 0.2) is 0 Å². The smallest absolute Gasteiger partial charge is 0.343 e. The molecule has 0 radical (unpaired) electrons. The molecule has 4 saturated carbocycles. The predicted octanol–water partition coefficient (Wildman–Crippen LogP) is 5.67. The first-order valence-corrected chi connectivity index (χ1v) is 21.0. The summed E-state index contributed by atoms with van der Waals surface area (Å²) in [5, 5.41) is 3.74. The average Bonchev–Trinajstić information content (AvgIpc) is 3.54. The molecule has 272 valence electrons. The summed E-state index contributed by atoms with van der Waals surface area (Å²) in [5.74, 6) is 1.81. The van der Waals surface area contributed by atoms with E-state index in [1.165, 1.54) is 0 Å². The van der Waals surface area contributed by atoms with Crippen LogP contribution < -0.4 is 5.32 Å². The first kappa shape index (κ1) is 37.4.